The number of amides is 1. The Morgan fingerprint density at radius 1 is 1.03 bits per heavy atom. The van der Waals surface area contributed by atoms with Gasteiger partial charge in [-0.3, -0.25) is 9.89 Å². The van der Waals surface area contributed by atoms with Gasteiger partial charge in [-0.05, 0) is 48.6 Å². The van der Waals surface area contributed by atoms with Crippen LogP contribution < -0.4 is 0 Å². The molecule has 3 aromatic rings. The molecular weight excluding hydrogens is 400 g/mol. The van der Waals surface area contributed by atoms with Gasteiger partial charge in [0.2, 0.25) is 15.9 Å². The third-order valence-corrected chi connectivity index (χ3v) is 8.19. The van der Waals surface area contributed by atoms with Gasteiger partial charge < -0.3 is 4.90 Å². The van der Waals surface area contributed by atoms with Crippen molar-refractivity contribution in [2.24, 2.45) is 5.92 Å². The smallest absolute Gasteiger partial charge is 0.243 e. The predicted octanol–water partition coefficient (Wildman–Crippen LogP) is 2.55. The number of aromatic nitrogens is 2. The lowest BCUT2D eigenvalue weighted by molar-refractivity contribution is -0.137. The molecule has 1 amide bonds. The van der Waals surface area contributed by atoms with E-state index in [-0.39, 0.29) is 16.7 Å². The fourth-order valence-corrected chi connectivity index (χ4v) is 6.02. The van der Waals surface area contributed by atoms with Gasteiger partial charge in [-0.25, -0.2) is 8.42 Å². The first-order valence-electron chi connectivity index (χ1n) is 10.3. The molecule has 1 fully saturated rings. The highest BCUT2D eigenvalue weighted by Gasteiger charge is 2.34. The molecule has 8 heteroatoms. The van der Waals surface area contributed by atoms with Gasteiger partial charge in [-0.15, -0.1) is 0 Å². The van der Waals surface area contributed by atoms with Crippen LogP contribution in [-0.2, 0) is 27.8 Å². The third kappa shape index (κ3) is 3.40. The molecule has 30 heavy (non-hydrogen) atoms. The average Bonchev–Trinajstić information content (AvgIpc) is 3.26. The van der Waals surface area contributed by atoms with Crippen LogP contribution in [0, 0.1) is 5.92 Å². The highest BCUT2D eigenvalue weighted by Crippen LogP contribution is 2.28. The molecular formula is C22H24N4O3S. The average molecular weight is 425 g/mol. The maximum atomic E-state index is 13.1. The van der Waals surface area contributed by atoms with Crippen molar-refractivity contribution in [2.45, 2.75) is 30.7 Å². The van der Waals surface area contributed by atoms with Gasteiger partial charge in [0, 0.05) is 37.5 Å². The van der Waals surface area contributed by atoms with Crippen LogP contribution in [0.15, 0.2) is 53.6 Å². The van der Waals surface area contributed by atoms with Crippen LogP contribution in [0.1, 0.15) is 24.0 Å². The van der Waals surface area contributed by atoms with Crippen LogP contribution in [0.2, 0.25) is 0 Å². The quantitative estimate of drug-likeness (QED) is 0.700. The summed E-state index contributed by atoms with van der Waals surface area (Å²) in [5.74, 6) is 0.0411. The molecule has 2 aromatic carbocycles. The Balaban J connectivity index is 1.25. The molecule has 0 radical (unpaired) electrons. The number of benzene rings is 2. The molecule has 0 atom stereocenters. The van der Waals surface area contributed by atoms with Gasteiger partial charge in [0.25, 0.3) is 0 Å². The van der Waals surface area contributed by atoms with E-state index < -0.39 is 10.0 Å². The van der Waals surface area contributed by atoms with Crippen molar-refractivity contribution < 1.29 is 13.2 Å². The SMILES string of the molecule is O=C(C1CCN(S(=O)(=O)c2ccc3[nH]ncc3c2)CC1)N1CCc2ccccc2C1. The summed E-state index contributed by atoms with van der Waals surface area (Å²) in [6, 6.07) is 13.3. The molecule has 1 aromatic heterocycles. The number of sulfonamides is 1. The van der Waals surface area contributed by atoms with Crippen molar-refractivity contribution in [3.8, 4) is 0 Å². The van der Waals surface area contributed by atoms with E-state index in [9.17, 15) is 13.2 Å². The second-order valence-corrected chi connectivity index (χ2v) is 10.0. The summed E-state index contributed by atoms with van der Waals surface area (Å²) in [6.07, 6.45) is 3.62. The zero-order chi connectivity index (χ0) is 20.7. The Bertz CT molecular complexity index is 1200. The van der Waals surface area contributed by atoms with Gasteiger partial charge in [-0.1, -0.05) is 24.3 Å². The first-order valence-corrected chi connectivity index (χ1v) is 11.8. The number of hydrogen-bond donors (Lipinski definition) is 1. The molecule has 0 spiro atoms. The minimum Gasteiger partial charge on any atom is -0.338 e. The van der Waals surface area contributed by atoms with E-state index in [1.54, 1.807) is 24.4 Å². The van der Waals surface area contributed by atoms with E-state index in [0.29, 0.717) is 32.5 Å². The third-order valence-electron chi connectivity index (χ3n) is 6.29. The number of piperidine rings is 1. The van der Waals surface area contributed by atoms with Crippen LogP contribution in [0.25, 0.3) is 10.9 Å². The van der Waals surface area contributed by atoms with E-state index >= 15 is 0 Å². The number of rotatable bonds is 3. The van der Waals surface area contributed by atoms with Crippen molar-refractivity contribution in [1.29, 1.82) is 0 Å². The fourth-order valence-electron chi connectivity index (χ4n) is 4.52. The van der Waals surface area contributed by atoms with Gasteiger partial charge in [0.15, 0.2) is 0 Å². The second-order valence-electron chi connectivity index (χ2n) is 8.08. The van der Waals surface area contributed by atoms with Crippen LogP contribution in [-0.4, -0.2) is 53.4 Å². The molecule has 0 unspecified atom stereocenters. The summed E-state index contributed by atoms with van der Waals surface area (Å²) in [7, 11) is -3.58. The zero-order valence-corrected chi connectivity index (χ0v) is 17.4. The molecule has 0 bridgehead atoms. The summed E-state index contributed by atoms with van der Waals surface area (Å²) in [5.41, 5.74) is 3.34. The number of carbonyl (C=O) groups excluding carboxylic acids is 1. The highest BCUT2D eigenvalue weighted by atomic mass is 32.2. The maximum Gasteiger partial charge on any atom is 0.243 e. The van der Waals surface area contributed by atoms with Crippen LogP contribution in [0.5, 0.6) is 0 Å². The lowest BCUT2D eigenvalue weighted by atomic mass is 9.94. The number of nitrogens with one attached hydrogen (secondary N) is 1. The Morgan fingerprint density at radius 2 is 1.80 bits per heavy atom. The Morgan fingerprint density at radius 3 is 2.60 bits per heavy atom. The van der Waals surface area contributed by atoms with E-state index in [1.807, 2.05) is 17.0 Å². The monoisotopic (exact) mass is 424 g/mol. The first-order chi connectivity index (χ1) is 14.5. The van der Waals surface area contributed by atoms with E-state index in [4.69, 9.17) is 0 Å². The molecule has 0 aliphatic carbocycles. The van der Waals surface area contributed by atoms with Crippen molar-refractivity contribution in [2.75, 3.05) is 19.6 Å². The van der Waals surface area contributed by atoms with Crippen molar-refractivity contribution in [3.05, 3.63) is 59.8 Å². The van der Waals surface area contributed by atoms with Crippen LogP contribution in [0.4, 0.5) is 0 Å². The Labute approximate surface area is 175 Å². The molecule has 7 nitrogen and oxygen atoms in total. The largest absolute Gasteiger partial charge is 0.338 e. The van der Waals surface area contributed by atoms with E-state index in [0.717, 1.165) is 23.9 Å². The summed E-state index contributed by atoms with van der Waals surface area (Å²) in [5, 5.41) is 7.55. The van der Waals surface area contributed by atoms with Gasteiger partial charge in [-0.2, -0.15) is 9.40 Å². The van der Waals surface area contributed by atoms with Crippen molar-refractivity contribution in [3.63, 3.8) is 0 Å². The lowest BCUT2D eigenvalue weighted by Crippen LogP contribution is -2.45. The zero-order valence-electron chi connectivity index (χ0n) is 16.6. The minimum atomic E-state index is -3.58. The molecule has 5 rings (SSSR count). The number of nitrogens with zero attached hydrogens (tertiary/aromatic N) is 3. The summed E-state index contributed by atoms with van der Waals surface area (Å²) < 4.78 is 27.6. The number of hydrogen-bond acceptors (Lipinski definition) is 4. The van der Waals surface area contributed by atoms with E-state index in [1.165, 1.54) is 15.4 Å². The fraction of sp³-hybridized carbons (Fsp3) is 0.364. The first kappa shape index (κ1) is 19.3. The highest BCUT2D eigenvalue weighted by molar-refractivity contribution is 7.89. The summed E-state index contributed by atoms with van der Waals surface area (Å²) in [4.78, 5) is 15.3. The van der Waals surface area contributed by atoms with Crippen molar-refractivity contribution in [1.82, 2.24) is 19.4 Å². The molecule has 1 N–H and O–H groups in total. The maximum absolute atomic E-state index is 13.1. The molecule has 156 valence electrons. The van der Waals surface area contributed by atoms with Gasteiger partial charge >= 0.3 is 0 Å². The Kier molecular flexibility index (Phi) is 4.83. The van der Waals surface area contributed by atoms with Gasteiger partial charge in [0.1, 0.15) is 0 Å². The minimum absolute atomic E-state index is 0.113. The lowest BCUT2D eigenvalue weighted by Gasteiger charge is -2.35. The molecule has 2 aliphatic rings. The number of fused-ring (bicyclic) bond motifs is 2. The predicted molar refractivity (Wildman–Crippen MR) is 113 cm³/mol. The van der Waals surface area contributed by atoms with Crippen molar-refractivity contribution >= 4 is 26.8 Å². The standard InChI is InChI=1S/C22H24N4O3S/c27-22(25-10-7-16-3-1-2-4-18(16)15-25)17-8-11-26(12-9-17)30(28,29)20-5-6-21-19(13-20)14-23-24-21/h1-6,13-14,17H,7-12,15H2,(H,23,24). The normalized spacial score (nSPS) is 18.5. The summed E-state index contributed by atoms with van der Waals surface area (Å²) >= 11 is 0. The second kappa shape index (κ2) is 7.52. The van der Waals surface area contributed by atoms with Crippen LogP contribution >= 0.6 is 0 Å². The van der Waals surface area contributed by atoms with Crippen LogP contribution in [0.3, 0.4) is 0 Å². The molecule has 2 aliphatic heterocycles. The Hall–Kier alpha value is -2.71. The molecule has 3 heterocycles. The number of H-pyrrole nitrogens is 1. The molecule has 1 saturated heterocycles. The molecule has 0 saturated carbocycles. The number of carbonyl (C=O) groups is 1. The van der Waals surface area contributed by atoms with E-state index in [2.05, 4.69) is 22.3 Å². The summed E-state index contributed by atoms with van der Waals surface area (Å²) in [6.45, 7) is 2.12. The number of aromatic amines is 1. The topological polar surface area (TPSA) is 86.4 Å². The van der Waals surface area contributed by atoms with Gasteiger partial charge in [0.05, 0.1) is 16.6 Å².